The van der Waals surface area contributed by atoms with Crippen LogP contribution < -0.4 is 0 Å². The van der Waals surface area contributed by atoms with Gasteiger partial charge >= 0.3 is 0 Å². The fourth-order valence-electron chi connectivity index (χ4n) is 0.192. The zero-order chi connectivity index (χ0) is 5.86. The first kappa shape index (κ1) is 6.92. The van der Waals surface area contributed by atoms with Gasteiger partial charge in [0.15, 0.2) is 0 Å². The van der Waals surface area contributed by atoms with Crippen LogP contribution in [-0.2, 0) is 9.84 Å². The number of ether oxygens (including phenoxy) is 1. The molecule has 2 heteroatoms. The van der Waals surface area contributed by atoms with Crippen molar-refractivity contribution < 1.29 is 9.84 Å². The molecule has 2 nitrogen and oxygen atoms in total. The van der Waals surface area contributed by atoms with Crippen molar-refractivity contribution in [2.45, 2.75) is 26.1 Å². The van der Waals surface area contributed by atoms with Gasteiger partial charge < -0.3 is 4.74 Å². The first-order valence-corrected chi connectivity index (χ1v) is 2.37. The summed E-state index contributed by atoms with van der Waals surface area (Å²) in [6, 6.07) is 0. The van der Waals surface area contributed by atoms with Crippen LogP contribution in [0.25, 0.3) is 0 Å². The van der Waals surface area contributed by atoms with Crippen LogP contribution in [0.15, 0.2) is 0 Å². The van der Waals surface area contributed by atoms with Crippen molar-refractivity contribution in [1.82, 2.24) is 0 Å². The first-order valence-electron chi connectivity index (χ1n) is 2.37. The molecule has 0 saturated carbocycles. The molecule has 0 spiro atoms. The summed E-state index contributed by atoms with van der Waals surface area (Å²) in [6.07, 6.45) is -0.759. The highest BCUT2D eigenvalue weighted by atomic mass is 16.5. The third-order valence-electron chi connectivity index (χ3n) is 1.03. The van der Waals surface area contributed by atoms with Crippen LogP contribution in [0.1, 0.15) is 13.8 Å². The maximum atomic E-state index is 10.3. The second-order valence-corrected chi connectivity index (χ2v) is 1.65. The molecule has 0 amide bonds. The highest BCUT2D eigenvalue weighted by molar-refractivity contribution is 4.53. The minimum atomic E-state index is -0.606. The van der Waals surface area contributed by atoms with Gasteiger partial charge in [-0.15, -0.1) is 0 Å². The molecule has 0 aliphatic rings. The van der Waals surface area contributed by atoms with Crippen LogP contribution in [0.5, 0.6) is 0 Å². The molecule has 0 aliphatic heterocycles. The molecule has 2 atom stereocenters. The molecule has 0 N–H and O–H groups in total. The van der Waals surface area contributed by atoms with Crippen molar-refractivity contribution in [3.63, 3.8) is 0 Å². The van der Waals surface area contributed by atoms with Gasteiger partial charge in [0.1, 0.15) is 6.10 Å². The first-order chi connectivity index (χ1) is 3.18. The molecular weight excluding hydrogens is 92.1 g/mol. The standard InChI is InChI=1S/C5H11O2/c1-4(6)5(2)7-3/h4-5H,1-3H3/t4?,5-/m1/s1. The molecule has 0 bridgehead atoms. The molecule has 0 saturated heterocycles. The Kier molecular flexibility index (Phi) is 2.96. The monoisotopic (exact) mass is 103 g/mol. The number of hydrogen-bond acceptors (Lipinski definition) is 1. The van der Waals surface area contributed by atoms with Gasteiger partial charge in [0, 0.05) is 7.11 Å². The van der Waals surface area contributed by atoms with Crippen molar-refractivity contribution in [3.05, 3.63) is 0 Å². The molecule has 0 aromatic heterocycles. The van der Waals surface area contributed by atoms with Crippen molar-refractivity contribution in [2.75, 3.05) is 7.11 Å². The molecule has 43 valence electrons. The molecule has 0 aromatic carbocycles. The molecule has 1 unspecified atom stereocenters. The second kappa shape index (κ2) is 2.99. The largest absolute Gasteiger partial charge is 0.379 e. The van der Waals surface area contributed by atoms with Crippen molar-refractivity contribution >= 4 is 0 Å². The Labute approximate surface area is 44.1 Å². The Balaban J connectivity index is 3.14. The average Bonchev–Trinajstić information content (AvgIpc) is 1.65. The average molecular weight is 103 g/mol. The Hall–Kier alpha value is -0.0800. The lowest BCUT2D eigenvalue weighted by Gasteiger charge is -2.08. The lowest BCUT2D eigenvalue weighted by Crippen LogP contribution is -2.19. The van der Waals surface area contributed by atoms with E-state index >= 15 is 0 Å². The predicted octanol–water partition coefficient (Wildman–Crippen LogP) is 0.840. The van der Waals surface area contributed by atoms with E-state index in [1.807, 2.05) is 0 Å². The summed E-state index contributed by atoms with van der Waals surface area (Å²) in [5.41, 5.74) is 0. The lowest BCUT2D eigenvalue weighted by molar-refractivity contribution is -0.0274. The van der Waals surface area contributed by atoms with Crippen molar-refractivity contribution in [2.24, 2.45) is 0 Å². The van der Waals surface area contributed by atoms with E-state index in [9.17, 15) is 5.11 Å². The van der Waals surface area contributed by atoms with Crippen molar-refractivity contribution in [3.8, 4) is 0 Å². The van der Waals surface area contributed by atoms with Crippen LogP contribution in [0.4, 0.5) is 0 Å². The number of rotatable bonds is 2. The number of methoxy groups -OCH3 is 1. The predicted molar refractivity (Wildman–Crippen MR) is 26.6 cm³/mol. The van der Waals surface area contributed by atoms with Gasteiger partial charge in [0.05, 0.1) is 6.10 Å². The Morgan fingerprint density at radius 2 is 1.86 bits per heavy atom. The quantitative estimate of drug-likeness (QED) is 0.509. The summed E-state index contributed by atoms with van der Waals surface area (Å²) in [6.45, 7) is 3.35. The third kappa shape index (κ3) is 2.60. The second-order valence-electron chi connectivity index (χ2n) is 1.65. The zero-order valence-corrected chi connectivity index (χ0v) is 4.97. The Morgan fingerprint density at radius 3 is 1.86 bits per heavy atom. The highest BCUT2D eigenvalue weighted by Gasteiger charge is 2.06. The van der Waals surface area contributed by atoms with Crippen LogP contribution in [0.3, 0.4) is 0 Å². The summed E-state index contributed by atoms with van der Waals surface area (Å²) >= 11 is 0. The molecule has 0 aromatic rings. The van der Waals surface area contributed by atoms with Crippen LogP contribution in [-0.4, -0.2) is 19.3 Å². The van der Waals surface area contributed by atoms with Gasteiger partial charge in [-0.05, 0) is 13.8 Å². The Morgan fingerprint density at radius 1 is 1.43 bits per heavy atom. The van der Waals surface area contributed by atoms with E-state index in [1.54, 1.807) is 21.0 Å². The summed E-state index contributed by atoms with van der Waals surface area (Å²) in [5.74, 6) is 0. The van der Waals surface area contributed by atoms with Gasteiger partial charge in [0.25, 0.3) is 0 Å². The third-order valence-corrected chi connectivity index (χ3v) is 1.03. The lowest BCUT2D eigenvalue weighted by atomic mass is 10.3. The summed E-state index contributed by atoms with van der Waals surface area (Å²) in [5, 5.41) is 10.3. The van der Waals surface area contributed by atoms with E-state index in [4.69, 9.17) is 4.74 Å². The van der Waals surface area contributed by atoms with Gasteiger partial charge in [-0.25, -0.2) is 5.11 Å². The summed E-state index contributed by atoms with van der Waals surface area (Å²) < 4.78 is 4.70. The van der Waals surface area contributed by atoms with Gasteiger partial charge in [-0.1, -0.05) is 0 Å². The van der Waals surface area contributed by atoms with E-state index in [0.29, 0.717) is 0 Å². The van der Waals surface area contributed by atoms with E-state index in [2.05, 4.69) is 0 Å². The molecule has 0 heterocycles. The van der Waals surface area contributed by atoms with Crippen LogP contribution in [0.2, 0.25) is 0 Å². The highest BCUT2D eigenvalue weighted by Crippen LogP contribution is 1.93. The minimum absolute atomic E-state index is 0.153. The number of hydrogen-bond donors (Lipinski definition) is 0. The molecule has 7 heavy (non-hydrogen) atoms. The van der Waals surface area contributed by atoms with Gasteiger partial charge in [0.2, 0.25) is 0 Å². The smallest absolute Gasteiger partial charge is 0.116 e. The minimum Gasteiger partial charge on any atom is -0.379 e. The van der Waals surface area contributed by atoms with E-state index in [-0.39, 0.29) is 6.10 Å². The molecule has 1 radical (unpaired) electrons. The molecule has 0 rings (SSSR count). The fraction of sp³-hybridized carbons (Fsp3) is 1.00. The summed E-state index contributed by atoms with van der Waals surface area (Å²) in [7, 11) is 1.54. The van der Waals surface area contributed by atoms with E-state index < -0.39 is 6.10 Å². The zero-order valence-electron chi connectivity index (χ0n) is 4.97. The SMILES string of the molecule is CO[C@H](C)C(C)[O]. The van der Waals surface area contributed by atoms with Crippen molar-refractivity contribution in [1.29, 1.82) is 0 Å². The maximum Gasteiger partial charge on any atom is 0.116 e. The van der Waals surface area contributed by atoms with Crippen LogP contribution >= 0.6 is 0 Å². The summed E-state index contributed by atoms with van der Waals surface area (Å²) in [4.78, 5) is 0. The van der Waals surface area contributed by atoms with Gasteiger partial charge in [-0.3, -0.25) is 0 Å². The Bertz CT molecular complexity index is 43.3. The van der Waals surface area contributed by atoms with Crippen LogP contribution in [0, 0.1) is 0 Å². The molecular formula is C5H11O2. The normalized spacial score (nSPS) is 18.9. The topological polar surface area (TPSA) is 29.1 Å². The maximum absolute atomic E-state index is 10.3. The molecule has 0 aliphatic carbocycles. The fourth-order valence-corrected chi connectivity index (χ4v) is 0.192. The molecule has 0 fully saturated rings. The van der Waals surface area contributed by atoms with E-state index in [0.717, 1.165) is 0 Å². The van der Waals surface area contributed by atoms with Gasteiger partial charge in [-0.2, -0.15) is 0 Å². The van der Waals surface area contributed by atoms with E-state index in [1.165, 1.54) is 0 Å².